The molecule has 29 heavy (non-hydrogen) atoms. The first-order valence-corrected chi connectivity index (χ1v) is 10.5. The third-order valence-corrected chi connectivity index (χ3v) is 6.31. The third-order valence-electron chi connectivity index (χ3n) is 6.06. The van der Waals surface area contributed by atoms with Crippen molar-refractivity contribution in [3.8, 4) is 0 Å². The van der Waals surface area contributed by atoms with Crippen LogP contribution >= 0.6 is 11.6 Å². The number of nitrogens with zero attached hydrogens (tertiary/aromatic N) is 4. The Balaban J connectivity index is 1.50. The molecule has 0 atom stereocenters. The summed E-state index contributed by atoms with van der Waals surface area (Å²) >= 11 is 6.09. The normalized spacial score (nSPS) is 19.1. The van der Waals surface area contributed by atoms with Crippen molar-refractivity contribution in [2.24, 2.45) is 0 Å². The van der Waals surface area contributed by atoms with Crippen molar-refractivity contribution >= 4 is 29.1 Å². The monoisotopic (exact) mass is 414 g/mol. The first-order chi connectivity index (χ1) is 14.1. The number of carbonyl (C=O) groups is 1. The zero-order valence-corrected chi connectivity index (χ0v) is 17.5. The molecule has 2 aliphatic rings. The lowest BCUT2D eigenvalue weighted by atomic mass is 9.72. The predicted octanol–water partition coefficient (Wildman–Crippen LogP) is 2.14. The summed E-state index contributed by atoms with van der Waals surface area (Å²) < 4.78 is 0. The van der Waals surface area contributed by atoms with Gasteiger partial charge in [0.2, 0.25) is 5.91 Å². The third kappa shape index (κ3) is 4.02. The van der Waals surface area contributed by atoms with Gasteiger partial charge in [0, 0.05) is 44.3 Å². The van der Waals surface area contributed by atoms with E-state index in [1.807, 2.05) is 42.3 Å². The maximum atomic E-state index is 13.7. The lowest BCUT2D eigenvalue weighted by Gasteiger charge is -2.43. The molecule has 4 rings (SSSR count). The number of hydrogen-bond donors (Lipinski definition) is 2. The number of nitrogens with one attached hydrogen (secondary N) is 2. The van der Waals surface area contributed by atoms with Crippen molar-refractivity contribution in [3.63, 3.8) is 0 Å². The van der Waals surface area contributed by atoms with E-state index in [1.54, 1.807) is 6.33 Å². The maximum Gasteiger partial charge on any atom is 0.233 e. The molecular formula is C21H27ClN6O. The van der Waals surface area contributed by atoms with Crippen LogP contribution in [0.15, 0.2) is 36.7 Å². The fourth-order valence-electron chi connectivity index (χ4n) is 4.35. The molecule has 2 N–H and O–H groups in total. The molecular weight excluding hydrogens is 388 g/mol. The van der Waals surface area contributed by atoms with Crippen LogP contribution in [0.1, 0.15) is 18.4 Å². The van der Waals surface area contributed by atoms with Crippen molar-refractivity contribution in [1.82, 2.24) is 20.2 Å². The first-order valence-electron chi connectivity index (χ1n) is 10.1. The Kier molecular flexibility index (Phi) is 5.87. The SMILES string of the molecule is CNc1cc(N2CCN(C(=O)C3(c4ccc(Cl)cc4)CCNCC3)CC2)ncn1. The van der Waals surface area contributed by atoms with E-state index in [-0.39, 0.29) is 5.91 Å². The van der Waals surface area contributed by atoms with Crippen LogP contribution in [0.2, 0.25) is 5.02 Å². The molecule has 154 valence electrons. The Morgan fingerprint density at radius 3 is 2.45 bits per heavy atom. The van der Waals surface area contributed by atoms with Crippen molar-refractivity contribution < 1.29 is 4.79 Å². The van der Waals surface area contributed by atoms with Crippen LogP contribution in [-0.2, 0) is 10.2 Å². The van der Waals surface area contributed by atoms with E-state index in [2.05, 4.69) is 25.5 Å². The zero-order chi connectivity index (χ0) is 20.3. The highest BCUT2D eigenvalue weighted by Gasteiger charge is 2.44. The zero-order valence-electron chi connectivity index (χ0n) is 16.7. The fourth-order valence-corrected chi connectivity index (χ4v) is 4.47. The van der Waals surface area contributed by atoms with E-state index in [1.165, 1.54) is 0 Å². The molecule has 2 aromatic rings. The summed E-state index contributed by atoms with van der Waals surface area (Å²) in [5, 5.41) is 7.14. The van der Waals surface area contributed by atoms with Crippen molar-refractivity contribution in [3.05, 3.63) is 47.2 Å². The number of carbonyl (C=O) groups excluding carboxylic acids is 1. The van der Waals surface area contributed by atoms with Gasteiger partial charge < -0.3 is 20.4 Å². The van der Waals surface area contributed by atoms with Crippen LogP contribution in [0.3, 0.4) is 0 Å². The predicted molar refractivity (Wildman–Crippen MR) is 116 cm³/mol. The number of rotatable bonds is 4. The van der Waals surface area contributed by atoms with Crippen LogP contribution in [0.5, 0.6) is 0 Å². The molecule has 1 amide bonds. The first kappa shape index (κ1) is 19.9. The summed E-state index contributed by atoms with van der Waals surface area (Å²) in [6, 6.07) is 9.75. The summed E-state index contributed by atoms with van der Waals surface area (Å²) in [5.74, 6) is 1.93. The number of aromatic nitrogens is 2. The van der Waals surface area contributed by atoms with Gasteiger partial charge in [-0.3, -0.25) is 4.79 Å². The van der Waals surface area contributed by atoms with Crippen molar-refractivity contribution in [2.75, 3.05) is 56.5 Å². The van der Waals surface area contributed by atoms with E-state index >= 15 is 0 Å². The molecule has 2 aliphatic heterocycles. The molecule has 0 saturated carbocycles. The van der Waals surface area contributed by atoms with E-state index in [0.717, 1.165) is 56.2 Å². The van der Waals surface area contributed by atoms with Crippen LogP contribution in [0, 0.1) is 0 Å². The number of benzene rings is 1. The smallest absolute Gasteiger partial charge is 0.233 e. The highest BCUT2D eigenvalue weighted by atomic mass is 35.5. The minimum Gasteiger partial charge on any atom is -0.373 e. The molecule has 0 bridgehead atoms. The van der Waals surface area contributed by atoms with Crippen LogP contribution in [-0.4, -0.2) is 67.1 Å². The largest absolute Gasteiger partial charge is 0.373 e. The molecule has 2 saturated heterocycles. The number of anilines is 2. The minimum atomic E-state index is -0.466. The van der Waals surface area contributed by atoms with E-state index in [9.17, 15) is 4.79 Å². The second kappa shape index (κ2) is 8.55. The van der Waals surface area contributed by atoms with Gasteiger partial charge in [0.1, 0.15) is 18.0 Å². The van der Waals surface area contributed by atoms with Crippen LogP contribution in [0.4, 0.5) is 11.6 Å². The number of piperidine rings is 1. The second-order valence-corrected chi connectivity index (χ2v) is 8.07. The molecule has 7 nitrogen and oxygen atoms in total. The Morgan fingerprint density at radius 1 is 1.10 bits per heavy atom. The van der Waals surface area contributed by atoms with Gasteiger partial charge in [-0.25, -0.2) is 9.97 Å². The van der Waals surface area contributed by atoms with Gasteiger partial charge in [-0.1, -0.05) is 23.7 Å². The molecule has 8 heteroatoms. The van der Waals surface area contributed by atoms with Gasteiger partial charge in [0.05, 0.1) is 5.41 Å². The highest BCUT2D eigenvalue weighted by Crippen LogP contribution is 2.36. The lowest BCUT2D eigenvalue weighted by molar-refractivity contribution is -0.139. The molecule has 0 aliphatic carbocycles. The molecule has 1 aromatic carbocycles. The summed E-state index contributed by atoms with van der Waals surface area (Å²) in [6.07, 6.45) is 3.19. The summed E-state index contributed by atoms with van der Waals surface area (Å²) in [5.41, 5.74) is 0.608. The second-order valence-electron chi connectivity index (χ2n) is 7.63. The fraction of sp³-hybridized carbons (Fsp3) is 0.476. The summed E-state index contributed by atoms with van der Waals surface area (Å²) in [7, 11) is 1.85. The van der Waals surface area contributed by atoms with Crippen LogP contribution < -0.4 is 15.5 Å². The quantitative estimate of drug-likeness (QED) is 0.798. The summed E-state index contributed by atoms with van der Waals surface area (Å²) in [6.45, 7) is 4.62. The van der Waals surface area contributed by atoms with E-state index in [0.29, 0.717) is 18.1 Å². The Labute approximate surface area is 176 Å². The number of amides is 1. The molecule has 1 aromatic heterocycles. The van der Waals surface area contributed by atoms with Gasteiger partial charge in [-0.2, -0.15) is 0 Å². The van der Waals surface area contributed by atoms with E-state index in [4.69, 9.17) is 11.6 Å². The van der Waals surface area contributed by atoms with Gasteiger partial charge in [-0.15, -0.1) is 0 Å². The topological polar surface area (TPSA) is 73.4 Å². The minimum absolute atomic E-state index is 0.236. The Morgan fingerprint density at radius 2 is 1.79 bits per heavy atom. The van der Waals surface area contributed by atoms with Crippen LogP contribution in [0.25, 0.3) is 0 Å². The highest BCUT2D eigenvalue weighted by molar-refractivity contribution is 6.30. The molecule has 3 heterocycles. The molecule has 0 radical (unpaired) electrons. The number of hydrogen-bond acceptors (Lipinski definition) is 6. The Hall–Kier alpha value is -2.38. The van der Waals surface area contributed by atoms with Gasteiger partial charge in [0.25, 0.3) is 0 Å². The molecule has 0 unspecified atom stereocenters. The average molecular weight is 415 g/mol. The number of halogens is 1. The maximum absolute atomic E-state index is 13.7. The van der Waals surface area contributed by atoms with E-state index < -0.39 is 5.41 Å². The van der Waals surface area contributed by atoms with Gasteiger partial charge in [0.15, 0.2) is 0 Å². The van der Waals surface area contributed by atoms with Crippen molar-refractivity contribution in [2.45, 2.75) is 18.3 Å². The van der Waals surface area contributed by atoms with Gasteiger partial charge in [-0.05, 0) is 43.6 Å². The average Bonchev–Trinajstić information content (AvgIpc) is 2.79. The lowest BCUT2D eigenvalue weighted by Crippen LogP contribution is -2.57. The van der Waals surface area contributed by atoms with Crippen molar-refractivity contribution in [1.29, 1.82) is 0 Å². The van der Waals surface area contributed by atoms with Gasteiger partial charge >= 0.3 is 0 Å². The standard InChI is InChI=1S/C21H27ClN6O/c1-23-18-14-19(26-15-25-18)27-10-12-28(13-11-27)20(29)21(6-8-24-9-7-21)16-2-4-17(22)5-3-16/h2-5,14-15,24H,6-13H2,1H3,(H,23,25,26). The Bertz CT molecular complexity index is 845. The molecule has 0 spiro atoms. The number of piperazine rings is 1. The summed E-state index contributed by atoms with van der Waals surface area (Å²) in [4.78, 5) is 26.5. The molecule has 2 fully saturated rings.